The molecule has 0 saturated heterocycles. The molecule has 72 valence electrons. The predicted octanol–water partition coefficient (Wildman–Crippen LogP) is 0.834. The maximum Gasteiger partial charge on any atom is 0.0728 e. The number of aliphatic hydroxyl groups is 1. The molecule has 1 aromatic rings. The number of nitrogens with zero attached hydrogens (tertiary/aromatic N) is 3. The third-order valence-electron chi connectivity index (χ3n) is 2.86. The van der Waals surface area contributed by atoms with Crippen LogP contribution in [0.2, 0.25) is 0 Å². The Bertz CT molecular complexity index is 284. The molecule has 1 aliphatic carbocycles. The number of aliphatic hydroxyl groups excluding tert-OH is 1. The third kappa shape index (κ3) is 1.58. The maximum atomic E-state index is 9.80. The van der Waals surface area contributed by atoms with Crippen molar-refractivity contribution in [2.45, 2.75) is 37.7 Å². The molecule has 4 heteroatoms. The van der Waals surface area contributed by atoms with Crippen LogP contribution in [0.5, 0.6) is 0 Å². The van der Waals surface area contributed by atoms with Crippen molar-refractivity contribution in [2.75, 3.05) is 0 Å². The summed E-state index contributed by atoms with van der Waals surface area (Å²) in [5.74, 6) is 0.244. The molecule has 0 bridgehead atoms. The summed E-state index contributed by atoms with van der Waals surface area (Å²) in [7, 11) is 1.88. The van der Waals surface area contributed by atoms with Gasteiger partial charge in [0, 0.05) is 13.0 Å². The summed E-state index contributed by atoms with van der Waals surface area (Å²) in [5, 5.41) is 17.5. The summed E-state index contributed by atoms with van der Waals surface area (Å²) >= 11 is 0. The Morgan fingerprint density at radius 1 is 1.46 bits per heavy atom. The van der Waals surface area contributed by atoms with E-state index in [4.69, 9.17) is 0 Å². The lowest BCUT2D eigenvalue weighted by Gasteiger charge is -2.26. The molecule has 1 N–H and O–H groups in total. The molecule has 2 unspecified atom stereocenters. The van der Waals surface area contributed by atoms with Gasteiger partial charge in [0.2, 0.25) is 0 Å². The Hall–Kier alpha value is -0.900. The van der Waals surface area contributed by atoms with Crippen LogP contribution < -0.4 is 0 Å². The molecule has 1 fully saturated rings. The van der Waals surface area contributed by atoms with Crippen molar-refractivity contribution in [3.63, 3.8) is 0 Å². The first kappa shape index (κ1) is 8.69. The van der Waals surface area contributed by atoms with Gasteiger partial charge in [-0.05, 0) is 12.8 Å². The van der Waals surface area contributed by atoms with E-state index in [1.807, 2.05) is 7.05 Å². The smallest absolute Gasteiger partial charge is 0.0728 e. The number of hydrogen-bond donors (Lipinski definition) is 1. The second kappa shape index (κ2) is 3.46. The molecule has 1 aromatic heterocycles. The van der Waals surface area contributed by atoms with Crippen LogP contribution in [0.1, 0.15) is 37.3 Å². The molecule has 0 aromatic carbocycles. The van der Waals surface area contributed by atoms with Gasteiger partial charge in [0.1, 0.15) is 0 Å². The van der Waals surface area contributed by atoms with Crippen LogP contribution in [-0.2, 0) is 7.05 Å². The summed E-state index contributed by atoms with van der Waals surface area (Å²) in [6.07, 6.45) is 5.87. The van der Waals surface area contributed by atoms with Gasteiger partial charge < -0.3 is 5.11 Å². The van der Waals surface area contributed by atoms with Crippen LogP contribution in [-0.4, -0.2) is 26.2 Å². The molecule has 0 aliphatic heterocycles. The monoisotopic (exact) mass is 181 g/mol. The van der Waals surface area contributed by atoms with E-state index in [9.17, 15) is 5.11 Å². The average Bonchev–Trinajstić information content (AvgIpc) is 2.52. The molecule has 13 heavy (non-hydrogen) atoms. The van der Waals surface area contributed by atoms with Crippen LogP contribution >= 0.6 is 0 Å². The zero-order chi connectivity index (χ0) is 9.26. The van der Waals surface area contributed by atoms with Gasteiger partial charge in [0.15, 0.2) is 0 Å². The van der Waals surface area contributed by atoms with E-state index in [1.165, 1.54) is 6.42 Å². The summed E-state index contributed by atoms with van der Waals surface area (Å²) in [5.41, 5.74) is 1.06. The normalized spacial score (nSPS) is 29.1. The van der Waals surface area contributed by atoms with E-state index >= 15 is 0 Å². The summed E-state index contributed by atoms with van der Waals surface area (Å²) in [6.45, 7) is 0. The Morgan fingerprint density at radius 2 is 2.23 bits per heavy atom. The first-order valence-electron chi connectivity index (χ1n) is 4.81. The van der Waals surface area contributed by atoms with E-state index in [0.717, 1.165) is 25.0 Å². The molecule has 2 atom stereocenters. The van der Waals surface area contributed by atoms with Crippen LogP contribution in [0, 0.1) is 0 Å². The van der Waals surface area contributed by atoms with Crippen molar-refractivity contribution in [1.29, 1.82) is 0 Å². The number of hydrogen-bond acceptors (Lipinski definition) is 3. The van der Waals surface area contributed by atoms with Gasteiger partial charge in [0.25, 0.3) is 0 Å². The fourth-order valence-electron chi connectivity index (χ4n) is 2.09. The van der Waals surface area contributed by atoms with Crippen molar-refractivity contribution in [3.05, 3.63) is 11.9 Å². The third-order valence-corrected chi connectivity index (χ3v) is 2.86. The topological polar surface area (TPSA) is 50.9 Å². The molecular weight excluding hydrogens is 166 g/mol. The van der Waals surface area contributed by atoms with Crippen molar-refractivity contribution in [1.82, 2.24) is 15.0 Å². The van der Waals surface area contributed by atoms with E-state index in [2.05, 4.69) is 10.3 Å². The number of aromatic nitrogens is 3. The van der Waals surface area contributed by atoms with Crippen molar-refractivity contribution in [2.24, 2.45) is 7.05 Å². The van der Waals surface area contributed by atoms with Crippen molar-refractivity contribution < 1.29 is 5.11 Å². The summed E-state index contributed by atoms with van der Waals surface area (Å²) in [4.78, 5) is 0. The second-order valence-corrected chi connectivity index (χ2v) is 3.74. The average molecular weight is 181 g/mol. The van der Waals surface area contributed by atoms with E-state index in [0.29, 0.717) is 0 Å². The molecule has 2 rings (SSSR count). The lowest BCUT2D eigenvalue weighted by Crippen LogP contribution is -2.24. The van der Waals surface area contributed by atoms with E-state index in [1.54, 1.807) is 10.9 Å². The highest BCUT2D eigenvalue weighted by Gasteiger charge is 2.26. The highest BCUT2D eigenvalue weighted by molar-refractivity contribution is 5.06. The molecule has 1 aliphatic rings. The molecule has 1 heterocycles. The van der Waals surface area contributed by atoms with Gasteiger partial charge in [-0.25, -0.2) is 0 Å². The zero-order valence-electron chi connectivity index (χ0n) is 7.85. The Kier molecular flexibility index (Phi) is 2.31. The van der Waals surface area contributed by atoms with Crippen molar-refractivity contribution >= 4 is 0 Å². The standard InChI is InChI=1S/C9H15N3O/c1-12-8(6-10-11-12)7-4-2-3-5-9(7)13/h6-7,9,13H,2-5H2,1H3. The lowest BCUT2D eigenvalue weighted by molar-refractivity contribution is 0.103. The van der Waals surface area contributed by atoms with Crippen LogP contribution in [0.25, 0.3) is 0 Å². The minimum Gasteiger partial charge on any atom is -0.392 e. The second-order valence-electron chi connectivity index (χ2n) is 3.74. The molecule has 0 amide bonds. The van der Waals surface area contributed by atoms with Gasteiger partial charge >= 0.3 is 0 Å². The van der Waals surface area contributed by atoms with Gasteiger partial charge in [-0.2, -0.15) is 0 Å². The molecule has 0 spiro atoms. The fraction of sp³-hybridized carbons (Fsp3) is 0.778. The van der Waals surface area contributed by atoms with Gasteiger partial charge in [-0.3, -0.25) is 4.68 Å². The van der Waals surface area contributed by atoms with Crippen LogP contribution in [0.3, 0.4) is 0 Å². The van der Waals surface area contributed by atoms with Gasteiger partial charge in [-0.15, -0.1) is 5.10 Å². The Morgan fingerprint density at radius 3 is 2.85 bits per heavy atom. The molecular formula is C9H15N3O. The SMILES string of the molecule is Cn1nncc1C1CCCCC1O. The minimum atomic E-state index is -0.203. The molecule has 4 nitrogen and oxygen atoms in total. The maximum absolute atomic E-state index is 9.80. The van der Waals surface area contributed by atoms with E-state index in [-0.39, 0.29) is 12.0 Å². The number of rotatable bonds is 1. The predicted molar refractivity (Wildman–Crippen MR) is 48.2 cm³/mol. The van der Waals surface area contributed by atoms with Gasteiger partial charge in [0.05, 0.1) is 18.0 Å². The first-order valence-corrected chi connectivity index (χ1v) is 4.81. The van der Waals surface area contributed by atoms with Crippen LogP contribution in [0.15, 0.2) is 6.20 Å². The number of aryl methyl sites for hydroxylation is 1. The zero-order valence-corrected chi connectivity index (χ0v) is 7.85. The first-order chi connectivity index (χ1) is 6.29. The molecule has 1 saturated carbocycles. The quantitative estimate of drug-likeness (QED) is 0.698. The Labute approximate surface area is 77.6 Å². The van der Waals surface area contributed by atoms with Gasteiger partial charge in [-0.1, -0.05) is 18.1 Å². The van der Waals surface area contributed by atoms with E-state index < -0.39 is 0 Å². The minimum absolute atomic E-state index is 0.203. The van der Waals surface area contributed by atoms with Crippen molar-refractivity contribution in [3.8, 4) is 0 Å². The Balaban J connectivity index is 2.19. The fourth-order valence-corrected chi connectivity index (χ4v) is 2.09. The largest absolute Gasteiger partial charge is 0.392 e. The lowest BCUT2D eigenvalue weighted by atomic mass is 9.84. The highest BCUT2D eigenvalue weighted by Crippen LogP contribution is 2.31. The molecule has 0 radical (unpaired) electrons. The summed E-state index contributed by atoms with van der Waals surface area (Å²) < 4.78 is 1.76. The van der Waals surface area contributed by atoms with Crippen LogP contribution in [0.4, 0.5) is 0 Å². The highest BCUT2D eigenvalue weighted by atomic mass is 16.3. The summed E-state index contributed by atoms with van der Waals surface area (Å²) in [6, 6.07) is 0.